The van der Waals surface area contributed by atoms with Crippen molar-refractivity contribution in [2.45, 2.75) is 37.6 Å². The summed E-state index contributed by atoms with van der Waals surface area (Å²) in [6.45, 7) is -0.119. The highest BCUT2D eigenvalue weighted by Gasteiger charge is 2.47. The van der Waals surface area contributed by atoms with Crippen molar-refractivity contribution >= 4 is 29.0 Å². The molecule has 2 rings (SSSR count). The number of nitrogens with two attached hydrogens (primary N) is 1. The molecule has 0 bridgehead atoms. The zero-order chi connectivity index (χ0) is 12.5. The molecule has 0 aromatic rings. The van der Waals surface area contributed by atoms with E-state index in [1.165, 1.54) is 4.90 Å². The average molecular weight is 256 g/mol. The lowest BCUT2D eigenvalue weighted by atomic mass is 9.79. The Labute approximate surface area is 105 Å². The predicted octanol–water partition coefficient (Wildman–Crippen LogP) is 0.361. The molecule has 2 N–H and O–H groups in total. The number of amides is 2. The van der Waals surface area contributed by atoms with Gasteiger partial charge in [-0.2, -0.15) is 0 Å². The molecule has 0 unspecified atom stereocenters. The predicted molar refractivity (Wildman–Crippen MR) is 65.3 cm³/mol. The molecule has 1 aliphatic heterocycles. The molecule has 17 heavy (non-hydrogen) atoms. The number of morpholine rings is 1. The number of imide groups is 1. The Morgan fingerprint density at radius 2 is 1.71 bits per heavy atom. The van der Waals surface area contributed by atoms with E-state index in [-0.39, 0.29) is 30.0 Å². The SMILES string of the molecule is NC(=S)C1(N2C(=O)COCC2=O)CCCCC1. The van der Waals surface area contributed by atoms with Crippen LogP contribution in [0.1, 0.15) is 32.1 Å². The van der Waals surface area contributed by atoms with Gasteiger partial charge in [-0.25, -0.2) is 0 Å². The summed E-state index contributed by atoms with van der Waals surface area (Å²) in [4.78, 5) is 25.3. The third-order valence-electron chi connectivity index (χ3n) is 3.52. The third-order valence-corrected chi connectivity index (χ3v) is 3.90. The van der Waals surface area contributed by atoms with Crippen LogP contribution in [-0.4, -0.2) is 40.5 Å². The lowest BCUT2D eigenvalue weighted by Gasteiger charge is -2.45. The quantitative estimate of drug-likeness (QED) is 0.570. The maximum Gasteiger partial charge on any atom is 0.256 e. The minimum atomic E-state index is -0.745. The van der Waals surface area contributed by atoms with Crippen LogP contribution in [0.5, 0.6) is 0 Å². The number of carbonyl (C=O) groups is 2. The summed E-state index contributed by atoms with van der Waals surface area (Å²) < 4.78 is 4.91. The second kappa shape index (κ2) is 4.70. The Balaban J connectivity index is 2.34. The molecular weight excluding hydrogens is 240 g/mol. The fourth-order valence-electron chi connectivity index (χ4n) is 2.69. The molecule has 0 aromatic heterocycles. The standard InChI is InChI=1S/C11H16N2O3S/c12-10(17)11(4-2-1-3-5-11)13-8(14)6-16-7-9(13)15/h1-7H2,(H2,12,17). The van der Waals surface area contributed by atoms with Crippen molar-refractivity contribution in [2.24, 2.45) is 5.73 Å². The van der Waals surface area contributed by atoms with Gasteiger partial charge >= 0.3 is 0 Å². The van der Waals surface area contributed by atoms with Crippen LogP contribution >= 0.6 is 12.2 Å². The Bertz CT molecular complexity index is 348. The average Bonchev–Trinajstić information content (AvgIpc) is 2.29. The molecule has 0 atom stereocenters. The van der Waals surface area contributed by atoms with E-state index >= 15 is 0 Å². The monoisotopic (exact) mass is 256 g/mol. The molecule has 1 heterocycles. The lowest BCUT2D eigenvalue weighted by molar-refractivity contribution is -0.164. The van der Waals surface area contributed by atoms with Crippen LogP contribution in [0, 0.1) is 0 Å². The van der Waals surface area contributed by atoms with Crippen molar-refractivity contribution in [2.75, 3.05) is 13.2 Å². The van der Waals surface area contributed by atoms with E-state index in [9.17, 15) is 9.59 Å². The van der Waals surface area contributed by atoms with Gasteiger partial charge in [0.2, 0.25) is 0 Å². The van der Waals surface area contributed by atoms with E-state index in [2.05, 4.69) is 0 Å². The molecule has 94 valence electrons. The van der Waals surface area contributed by atoms with E-state index in [1.807, 2.05) is 0 Å². The first-order chi connectivity index (χ1) is 8.08. The van der Waals surface area contributed by atoms with E-state index in [0.717, 1.165) is 19.3 Å². The molecule has 1 saturated carbocycles. The Morgan fingerprint density at radius 1 is 1.18 bits per heavy atom. The van der Waals surface area contributed by atoms with Crippen molar-refractivity contribution in [3.05, 3.63) is 0 Å². The first kappa shape index (κ1) is 12.4. The van der Waals surface area contributed by atoms with Gasteiger partial charge in [0.1, 0.15) is 18.8 Å². The number of thiocarbonyl (C=S) groups is 1. The number of ether oxygens (including phenoxy) is 1. The zero-order valence-corrected chi connectivity index (χ0v) is 10.4. The number of rotatable bonds is 2. The van der Waals surface area contributed by atoms with E-state index < -0.39 is 5.54 Å². The number of hydrogen-bond acceptors (Lipinski definition) is 4. The van der Waals surface area contributed by atoms with Gasteiger partial charge in [-0.1, -0.05) is 31.5 Å². The van der Waals surface area contributed by atoms with Gasteiger partial charge < -0.3 is 10.5 Å². The molecule has 0 aromatic carbocycles. The second-order valence-electron chi connectivity index (χ2n) is 4.57. The van der Waals surface area contributed by atoms with Gasteiger partial charge in [-0.05, 0) is 12.8 Å². The zero-order valence-electron chi connectivity index (χ0n) is 9.61. The first-order valence-electron chi connectivity index (χ1n) is 5.81. The van der Waals surface area contributed by atoms with Crippen LogP contribution in [0.2, 0.25) is 0 Å². The van der Waals surface area contributed by atoms with Gasteiger partial charge in [-0.3, -0.25) is 14.5 Å². The lowest BCUT2D eigenvalue weighted by Crippen LogP contribution is -2.64. The van der Waals surface area contributed by atoms with Crippen LogP contribution in [0.25, 0.3) is 0 Å². The summed E-state index contributed by atoms with van der Waals surface area (Å²) in [6.07, 6.45) is 4.33. The van der Waals surface area contributed by atoms with E-state index in [0.29, 0.717) is 12.8 Å². The van der Waals surface area contributed by atoms with Crippen molar-refractivity contribution in [3.63, 3.8) is 0 Å². The van der Waals surface area contributed by atoms with Gasteiger partial charge in [0.05, 0.1) is 4.99 Å². The summed E-state index contributed by atoms with van der Waals surface area (Å²) >= 11 is 5.11. The molecule has 1 saturated heterocycles. The Kier molecular flexibility index (Phi) is 3.44. The van der Waals surface area contributed by atoms with Crippen molar-refractivity contribution in [1.29, 1.82) is 0 Å². The summed E-state index contributed by atoms with van der Waals surface area (Å²) in [5.41, 5.74) is 5.06. The third kappa shape index (κ3) is 2.07. The van der Waals surface area contributed by atoms with Gasteiger partial charge in [0.15, 0.2) is 0 Å². The maximum absolute atomic E-state index is 11.9. The van der Waals surface area contributed by atoms with Gasteiger partial charge in [0, 0.05) is 0 Å². The Morgan fingerprint density at radius 3 is 2.18 bits per heavy atom. The minimum absolute atomic E-state index is 0.0594. The summed E-state index contributed by atoms with van der Waals surface area (Å²) in [6, 6.07) is 0. The molecule has 2 aliphatic rings. The molecular formula is C11H16N2O3S. The molecule has 0 radical (unpaired) electrons. The Hall–Kier alpha value is -1.01. The van der Waals surface area contributed by atoms with Crippen LogP contribution in [0.15, 0.2) is 0 Å². The minimum Gasteiger partial charge on any atom is -0.391 e. The van der Waals surface area contributed by atoms with Crippen LogP contribution in [-0.2, 0) is 14.3 Å². The van der Waals surface area contributed by atoms with Gasteiger partial charge in [0.25, 0.3) is 11.8 Å². The fourth-order valence-corrected chi connectivity index (χ4v) is 2.98. The van der Waals surface area contributed by atoms with Crippen LogP contribution in [0.3, 0.4) is 0 Å². The molecule has 0 spiro atoms. The van der Waals surface area contributed by atoms with Crippen molar-refractivity contribution in [3.8, 4) is 0 Å². The van der Waals surface area contributed by atoms with E-state index in [4.69, 9.17) is 22.7 Å². The fraction of sp³-hybridized carbons (Fsp3) is 0.727. The molecule has 1 aliphatic carbocycles. The molecule has 2 fully saturated rings. The summed E-state index contributed by atoms with van der Waals surface area (Å²) in [5, 5.41) is 0. The first-order valence-corrected chi connectivity index (χ1v) is 6.22. The molecule has 5 nitrogen and oxygen atoms in total. The number of nitrogens with zero attached hydrogens (tertiary/aromatic N) is 1. The topological polar surface area (TPSA) is 72.6 Å². The summed E-state index contributed by atoms with van der Waals surface area (Å²) in [7, 11) is 0. The smallest absolute Gasteiger partial charge is 0.256 e. The van der Waals surface area contributed by atoms with Crippen molar-refractivity contribution < 1.29 is 14.3 Å². The highest BCUT2D eigenvalue weighted by Crippen LogP contribution is 2.35. The largest absolute Gasteiger partial charge is 0.391 e. The highest BCUT2D eigenvalue weighted by atomic mass is 32.1. The molecule has 2 amide bonds. The second-order valence-corrected chi connectivity index (χ2v) is 5.01. The van der Waals surface area contributed by atoms with Gasteiger partial charge in [-0.15, -0.1) is 0 Å². The normalized spacial score (nSPS) is 24.8. The van der Waals surface area contributed by atoms with Crippen molar-refractivity contribution in [1.82, 2.24) is 4.90 Å². The van der Waals surface area contributed by atoms with Crippen LogP contribution < -0.4 is 5.73 Å². The van der Waals surface area contributed by atoms with Crippen LogP contribution in [0.4, 0.5) is 0 Å². The molecule has 6 heteroatoms. The summed E-state index contributed by atoms with van der Waals surface area (Å²) in [5.74, 6) is -0.646. The number of carbonyl (C=O) groups excluding carboxylic acids is 2. The van der Waals surface area contributed by atoms with E-state index in [1.54, 1.807) is 0 Å². The maximum atomic E-state index is 11.9. The highest BCUT2D eigenvalue weighted by molar-refractivity contribution is 7.80. The number of hydrogen-bond donors (Lipinski definition) is 1.